The third kappa shape index (κ3) is 5.99. The van der Waals surface area contributed by atoms with Gasteiger partial charge in [0.1, 0.15) is 5.75 Å². The zero-order chi connectivity index (χ0) is 19.1. The summed E-state index contributed by atoms with van der Waals surface area (Å²) in [5.41, 5.74) is 3.40. The third-order valence-corrected chi connectivity index (χ3v) is 4.39. The lowest BCUT2D eigenvalue weighted by atomic mass is 10.1. The fourth-order valence-corrected chi connectivity index (χ4v) is 2.68. The molecule has 0 spiro atoms. The SMILES string of the molecule is CC(CCc1ccc(O)cc1)NC(=O)N(C)Cc1ccc(N(C)C)cc1. The zero-order valence-electron chi connectivity index (χ0n) is 16.1. The molecule has 0 saturated heterocycles. The van der Waals surface area contributed by atoms with E-state index >= 15 is 0 Å². The van der Waals surface area contributed by atoms with Crippen LogP contribution in [0.4, 0.5) is 10.5 Å². The topological polar surface area (TPSA) is 55.8 Å². The summed E-state index contributed by atoms with van der Waals surface area (Å²) in [6.07, 6.45) is 1.71. The van der Waals surface area contributed by atoms with Crippen LogP contribution in [0.15, 0.2) is 48.5 Å². The van der Waals surface area contributed by atoms with Gasteiger partial charge in [-0.05, 0) is 55.2 Å². The van der Waals surface area contributed by atoms with Crippen molar-refractivity contribution in [2.75, 3.05) is 26.0 Å². The maximum atomic E-state index is 12.4. The first-order valence-corrected chi connectivity index (χ1v) is 8.91. The largest absolute Gasteiger partial charge is 0.508 e. The second-order valence-electron chi connectivity index (χ2n) is 6.97. The van der Waals surface area contributed by atoms with Crippen molar-refractivity contribution in [1.29, 1.82) is 0 Å². The van der Waals surface area contributed by atoms with E-state index in [9.17, 15) is 9.90 Å². The maximum absolute atomic E-state index is 12.4. The van der Waals surface area contributed by atoms with E-state index in [4.69, 9.17) is 0 Å². The van der Waals surface area contributed by atoms with E-state index in [1.165, 1.54) is 0 Å². The van der Waals surface area contributed by atoms with Crippen LogP contribution >= 0.6 is 0 Å². The van der Waals surface area contributed by atoms with Crippen molar-refractivity contribution < 1.29 is 9.90 Å². The summed E-state index contributed by atoms with van der Waals surface area (Å²) in [6, 6.07) is 15.4. The van der Waals surface area contributed by atoms with Crippen LogP contribution in [0.5, 0.6) is 5.75 Å². The van der Waals surface area contributed by atoms with Gasteiger partial charge in [-0.25, -0.2) is 4.79 Å². The van der Waals surface area contributed by atoms with Crippen molar-refractivity contribution in [1.82, 2.24) is 10.2 Å². The fraction of sp³-hybridized carbons (Fsp3) is 0.381. The minimum Gasteiger partial charge on any atom is -0.508 e. The lowest BCUT2D eigenvalue weighted by Crippen LogP contribution is -2.41. The van der Waals surface area contributed by atoms with Gasteiger partial charge < -0.3 is 20.2 Å². The highest BCUT2D eigenvalue weighted by atomic mass is 16.3. The molecule has 0 fully saturated rings. The molecule has 1 atom stereocenters. The number of aryl methyl sites for hydroxylation is 1. The number of urea groups is 1. The minimum absolute atomic E-state index is 0.0695. The average Bonchev–Trinajstić information content (AvgIpc) is 2.61. The van der Waals surface area contributed by atoms with Crippen molar-refractivity contribution in [3.8, 4) is 5.75 Å². The number of carbonyl (C=O) groups is 1. The highest BCUT2D eigenvalue weighted by molar-refractivity contribution is 5.74. The van der Waals surface area contributed by atoms with Crippen LogP contribution in [-0.2, 0) is 13.0 Å². The number of benzene rings is 2. The average molecular weight is 355 g/mol. The highest BCUT2D eigenvalue weighted by Crippen LogP contribution is 2.14. The first-order chi connectivity index (χ1) is 12.3. The van der Waals surface area contributed by atoms with Crippen LogP contribution in [-0.4, -0.2) is 43.2 Å². The Morgan fingerprint density at radius 2 is 1.58 bits per heavy atom. The van der Waals surface area contributed by atoms with E-state index in [-0.39, 0.29) is 17.8 Å². The van der Waals surface area contributed by atoms with E-state index in [0.717, 1.165) is 29.7 Å². The molecule has 26 heavy (non-hydrogen) atoms. The van der Waals surface area contributed by atoms with Gasteiger partial charge in [-0.15, -0.1) is 0 Å². The molecule has 2 amide bonds. The molecule has 2 aromatic carbocycles. The van der Waals surface area contributed by atoms with E-state index in [1.807, 2.05) is 52.3 Å². The van der Waals surface area contributed by atoms with E-state index in [1.54, 1.807) is 17.0 Å². The molecule has 140 valence electrons. The molecule has 0 saturated carbocycles. The molecular formula is C21H29N3O2. The summed E-state index contributed by atoms with van der Waals surface area (Å²) < 4.78 is 0. The molecule has 2 N–H and O–H groups in total. The molecule has 0 radical (unpaired) electrons. The second kappa shape index (κ2) is 9.13. The Bertz CT molecular complexity index is 696. The summed E-state index contributed by atoms with van der Waals surface area (Å²) in [4.78, 5) is 16.1. The molecule has 0 aliphatic rings. The lowest BCUT2D eigenvalue weighted by Gasteiger charge is -2.22. The highest BCUT2D eigenvalue weighted by Gasteiger charge is 2.12. The van der Waals surface area contributed by atoms with Crippen LogP contribution in [0.2, 0.25) is 0 Å². The van der Waals surface area contributed by atoms with Gasteiger partial charge >= 0.3 is 6.03 Å². The number of carbonyl (C=O) groups excluding carboxylic acids is 1. The minimum atomic E-state index is -0.0695. The summed E-state index contributed by atoms with van der Waals surface area (Å²) in [5.74, 6) is 0.273. The van der Waals surface area contributed by atoms with Gasteiger partial charge in [0.2, 0.25) is 0 Å². The van der Waals surface area contributed by atoms with Gasteiger partial charge in [0, 0.05) is 39.4 Å². The standard InChI is InChI=1S/C21H29N3O2/c1-16(5-6-17-9-13-20(25)14-10-17)22-21(26)24(4)15-18-7-11-19(12-8-18)23(2)3/h7-14,16,25H,5-6,15H2,1-4H3,(H,22,26). The van der Waals surface area contributed by atoms with E-state index in [0.29, 0.717) is 6.54 Å². The Labute approximate surface area is 156 Å². The molecule has 1 unspecified atom stereocenters. The van der Waals surface area contributed by atoms with Crippen molar-refractivity contribution in [3.05, 3.63) is 59.7 Å². The van der Waals surface area contributed by atoms with Crippen LogP contribution in [0.25, 0.3) is 0 Å². The normalized spacial score (nSPS) is 11.7. The molecule has 0 aromatic heterocycles. The van der Waals surface area contributed by atoms with Gasteiger partial charge in [0.05, 0.1) is 0 Å². The van der Waals surface area contributed by atoms with Crippen LogP contribution in [0.3, 0.4) is 0 Å². The Balaban J connectivity index is 1.79. The van der Waals surface area contributed by atoms with Gasteiger partial charge in [-0.3, -0.25) is 0 Å². The number of hydrogen-bond donors (Lipinski definition) is 2. The van der Waals surface area contributed by atoms with Crippen LogP contribution in [0, 0.1) is 0 Å². The summed E-state index contributed by atoms with van der Waals surface area (Å²) in [7, 11) is 5.82. The fourth-order valence-electron chi connectivity index (χ4n) is 2.68. The van der Waals surface area contributed by atoms with Gasteiger partial charge in [0.15, 0.2) is 0 Å². The van der Waals surface area contributed by atoms with Crippen molar-refractivity contribution in [2.45, 2.75) is 32.4 Å². The monoisotopic (exact) mass is 355 g/mol. The summed E-state index contributed by atoms with van der Waals surface area (Å²) in [5, 5.41) is 12.4. The smallest absolute Gasteiger partial charge is 0.317 e. The Morgan fingerprint density at radius 3 is 2.15 bits per heavy atom. The Hall–Kier alpha value is -2.69. The predicted molar refractivity (Wildman–Crippen MR) is 107 cm³/mol. The van der Waals surface area contributed by atoms with Gasteiger partial charge in [0.25, 0.3) is 0 Å². The molecule has 0 aliphatic carbocycles. The number of nitrogens with one attached hydrogen (secondary N) is 1. The Kier molecular flexibility index (Phi) is 6.89. The maximum Gasteiger partial charge on any atom is 0.317 e. The van der Waals surface area contributed by atoms with Crippen molar-refractivity contribution >= 4 is 11.7 Å². The molecule has 5 heteroatoms. The second-order valence-corrected chi connectivity index (χ2v) is 6.97. The van der Waals surface area contributed by atoms with E-state index < -0.39 is 0 Å². The lowest BCUT2D eigenvalue weighted by molar-refractivity contribution is 0.203. The molecular weight excluding hydrogens is 326 g/mol. The summed E-state index contributed by atoms with van der Waals surface area (Å²) in [6.45, 7) is 2.59. The molecule has 2 rings (SSSR count). The van der Waals surface area contributed by atoms with Crippen molar-refractivity contribution in [3.63, 3.8) is 0 Å². The zero-order valence-corrected chi connectivity index (χ0v) is 16.1. The van der Waals surface area contributed by atoms with Crippen LogP contribution < -0.4 is 10.2 Å². The molecule has 0 heterocycles. The number of rotatable bonds is 7. The van der Waals surface area contributed by atoms with E-state index in [2.05, 4.69) is 22.3 Å². The first-order valence-electron chi connectivity index (χ1n) is 8.91. The number of hydrogen-bond acceptors (Lipinski definition) is 3. The number of phenolic OH excluding ortho intramolecular Hbond substituents is 1. The number of anilines is 1. The predicted octanol–water partition coefficient (Wildman–Crippen LogP) is 3.62. The first kappa shape index (κ1) is 19.6. The van der Waals surface area contributed by atoms with Gasteiger partial charge in [-0.2, -0.15) is 0 Å². The number of phenols is 1. The van der Waals surface area contributed by atoms with Crippen LogP contribution in [0.1, 0.15) is 24.5 Å². The molecule has 2 aromatic rings. The quantitative estimate of drug-likeness (QED) is 0.797. The molecule has 0 bridgehead atoms. The third-order valence-electron chi connectivity index (χ3n) is 4.39. The van der Waals surface area contributed by atoms with Crippen molar-refractivity contribution in [2.24, 2.45) is 0 Å². The molecule has 5 nitrogen and oxygen atoms in total. The summed E-state index contributed by atoms with van der Waals surface area (Å²) >= 11 is 0. The number of amides is 2. The number of nitrogens with zero attached hydrogens (tertiary/aromatic N) is 2. The Morgan fingerprint density at radius 1 is 1.00 bits per heavy atom. The number of aromatic hydroxyl groups is 1. The van der Waals surface area contributed by atoms with Gasteiger partial charge in [-0.1, -0.05) is 24.3 Å². The molecule has 0 aliphatic heterocycles.